The highest BCUT2D eigenvalue weighted by molar-refractivity contribution is 7.87. The number of rotatable bonds is 9. The quantitative estimate of drug-likeness (QED) is 0.601. The van der Waals surface area contributed by atoms with Gasteiger partial charge in [0, 0.05) is 26.2 Å². The van der Waals surface area contributed by atoms with E-state index in [1.807, 2.05) is 0 Å². The third-order valence-electron chi connectivity index (χ3n) is 3.14. The maximum atomic E-state index is 12.1. The lowest BCUT2D eigenvalue weighted by atomic mass is 10.1. The highest BCUT2D eigenvalue weighted by Crippen LogP contribution is 2.08. The van der Waals surface area contributed by atoms with Gasteiger partial charge in [0.2, 0.25) is 0 Å². The molecule has 1 atom stereocenters. The summed E-state index contributed by atoms with van der Waals surface area (Å²) < 4.78 is 33.5. The van der Waals surface area contributed by atoms with Gasteiger partial charge >= 0.3 is 0 Å². The molecule has 1 aliphatic heterocycles. The number of hydrogen-bond donors (Lipinski definition) is 2. The molecule has 0 amide bonds. The summed E-state index contributed by atoms with van der Waals surface area (Å²) in [4.78, 5) is 0. The van der Waals surface area contributed by atoms with Crippen molar-refractivity contribution in [2.75, 3.05) is 39.9 Å². The van der Waals surface area contributed by atoms with Gasteiger partial charge < -0.3 is 10.1 Å². The molecule has 1 saturated heterocycles. The van der Waals surface area contributed by atoms with E-state index >= 15 is 0 Å². The molecule has 0 saturated carbocycles. The largest absolute Gasteiger partial charge is 0.380 e. The van der Waals surface area contributed by atoms with Crippen LogP contribution in [0.15, 0.2) is 0 Å². The lowest BCUT2D eigenvalue weighted by Crippen LogP contribution is -2.47. The van der Waals surface area contributed by atoms with E-state index in [0.717, 1.165) is 45.4 Å². The molecule has 1 unspecified atom stereocenters. The zero-order valence-electron chi connectivity index (χ0n) is 12.0. The van der Waals surface area contributed by atoms with Gasteiger partial charge in [-0.3, -0.25) is 0 Å². The van der Waals surface area contributed by atoms with E-state index in [4.69, 9.17) is 4.74 Å². The van der Waals surface area contributed by atoms with Crippen LogP contribution in [0.3, 0.4) is 0 Å². The molecule has 0 aromatic heterocycles. The number of nitrogens with one attached hydrogen (secondary N) is 2. The van der Waals surface area contributed by atoms with Crippen LogP contribution in [-0.4, -0.2) is 58.7 Å². The van der Waals surface area contributed by atoms with Crippen molar-refractivity contribution in [1.82, 2.24) is 14.3 Å². The predicted octanol–water partition coefficient (Wildman–Crippen LogP) is 0.321. The Balaban J connectivity index is 2.26. The number of nitrogens with zero attached hydrogens (tertiary/aromatic N) is 1. The summed E-state index contributed by atoms with van der Waals surface area (Å²) in [6.07, 6.45) is 3.68. The molecule has 0 aromatic rings. The fourth-order valence-electron chi connectivity index (χ4n) is 1.98. The van der Waals surface area contributed by atoms with E-state index in [1.165, 1.54) is 4.31 Å². The Bertz CT molecular complexity index is 329. The van der Waals surface area contributed by atoms with Crippen LogP contribution in [0.25, 0.3) is 0 Å². The second kappa shape index (κ2) is 8.86. The van der Waals surface area contributed by atoms with Crippen LogP contribution in [-0.2, 0) is 14.9 Å². The van der Waals surface area contributed by atoms with Gasteiger partial charge in [-0.25, -0.2) is 0 Å². The van der Waals surface area contributed by atoms with Gasteiger partial charge in [-0.1, -0.05) is 6.92 Å². The molecule has 114 valence electrons. The molecule has 19 heavy (non-hydrogen) atoms. The Kier molecular flexibility index (Phi) is 7.86. The summed E-state index contributed by atoms with van der Waals surface area (Å²) in [5.74, 6) is 0. The summed E-state index contributed by atoms with van der Waals surface area (Å²) in [5, 5.41) is 3.26. The van der Waals surface area contributed by atoms with Gasteiger partial charge in [0.05, 0.1) is 6.61 Å². The molecule has 6 nitrogen and oxygen atoms in total. The lowest BCUT2D eigenvalue weighted by molar-refractivity contribution is 0.0769. The molecule has 1 fully saturated rings. The Hall–Kier alpha value is -0.210. The van der Waals surface area contributed by atoms with Crippen LogP contribution in [0.5, 0.6) is 0 Å². The van der Waals surface area contributed by atoms with Crippen molar-refractivity contribution in [1.29, 1.82) is 0 Å². The van der Waals surface area contributed by atoms with Crippen molar-refractivity contribution in [3.05, 3.63) is 0 Å². The van der Waals surface area contributed by atoms with Gasteiger partial charge in [-0.2, -0.15) is 17.4 Å². The average Bonchev–Trinajstić information content (AvgIpc) is 2.39. The molecule has 1 aliphatic rings. The molecule has 0 aromatic carbocycles. The van der Waals surface area contributed by atoms with Crippen LogP contribution in [0, 0.1) is 0 Å². The van der Waals surface area contributed by atoms with Gasteiger partial charge in [0.25, 0.3) is 10.2 Å². The molecule has 0 bridgehead atoms. The second-order valence-corrected chi connectivity index (χ2v) is 6.77. The van der Waals surface area contributed by atoms with Crippen LogP contribution < -0.4 is 10.0 Å². The number of ether oxygens (including phenoxy) is 1. The maximum absolute atomic E-state index is 12.1. The van der Waals surface area contributed by atoms with Crippen molar-refractivity contribution in [2.24, 2.45) is 0 Å². The third kappa shape index (κ3) is 6.67. The Morgan fingerprint density at radius 3 is 2.79 bits per heavy atom. The Morgan fingerprint density at radius 2 is 2.16 bits per heavy atom. The summed E-state index contributed by atoms with van der Waals surface area (Å²) in [6, 6.07) is -0.0839. The topological polar surface area (TPSA) is 70.7 Å². The first kappa shape index (κ1) is 16.8. The van der Waals surface area contributed by atoms with E-state index < -0.39 is 10.2 Å². The van der Waals surface area contributed by atoms with Gasteiger partial charge in [-0.05, 0) is 38.8 Å². The summed E-state index contributed by atoms with van der Waals surface area (Å²) >= 11 is 0. The molecular formula is C12H27N3O3S. The zero-order valence-corrected chi connectivity index (χ0v) is 12.8. The fraction of sp³-hybridized carbons (Fsp3) is 1.00. The summed E-state index contributed by atoms with van der Waals surface area (Å²) in [5.41, 5.74) is 0. The zero-order chi connectivity index (χ0) is 14.1. The lowest BCUT2D eigenvalue weighted by Gasteiger charge is -2.26. The first-order valence-corrected chi connectivity index (χ1v) is 8.52. The van der Waals surface area contributed by atoms with Crippen LogP contribution >= 0.6 is 0 Å². The molecule has 0 spiro atoms. The SMILES string of the molecule is CCCNCCCN(C)S(=O)(=O)NC1CCCOC1. The average molecular weight is 293 g/mol. The number of hydrogen-bond acceptors (Lipinski definition) is 4. The van der Waals surface area contributed by atoms with Gasteiger partial charge in [0.15, 0.2) is 0 Å². The van der Waals surface area contributed by atoms with Crippen molar-refractivity contribution in [3.8, 4) is 0 Å². The highest BCUT2D eigenvalue weighted by Gasteiger charge is 2.23. The standard InChI is InChI=1S/C12H27N3O3S/c1-3-7-13-8-5-9-15(2)19(16,17)14-12-6-4-10-18-11-12/h12-14H,3-11H2,1-2H3. The van der Waals surface area contributed by atoms with Crippen molar-refractivity contribution < 1.29 is 13.2 Å². The fourth-order valence-corrected chi connectivity index (χ4v) is 3.14. The first-order chi connectivity index (χ1) is 9.06. The van der Waals surface area contributed by atoms with E-state index in [-0.39, 0.29) is 6.04 Å². The molecule has 1 rings (SSSR count). The van der Waals surface area contributed by atoms with Crippen LogP contribution in [0.4, 0.5) is 0 Å². The summed E-state index contributed by atoms with van der Waals surface area (Å²) in [7, 11) is -1.76. The molecule has 2 N–H and O–H groups in total. The molecule has 7 heteroatoms. The van der Waals surface area contributed by atoms with Crippen LogP contribution in [0.1, 0.15) is 32.6 Å². The minimum absolute atomic E-state index is 0.0839. The van der Waals surface area contributed by atoms with E-state index in [2.05, 4.69) is 17.0 Å². The minimum Gasteiger partial charge on any atom is -0.380 e. The first-order valence-electron chi connectivity index (χ1n) is 7.08. The normalized spacial score (nSPS) is 20.9. The smallest absolute Gasteiger partial charge is 0.279 e. The van der Waals surface area contributed by atoms with E-state index in [9.17, 15) is 8.42 Å². The monoisotopic (exact) mass is 293 g/mol. The molecule has 1 heterocycles. The predicted molar refractivity (Wildman–Crippen MR) is 76.3 cm³/mol. The molecule has 0 radical (unpaired) electrons. The third-order valence-corrected chi connectivity index (χ3v) is 4.77. The van der Waals surface area contributed by atoms with Crippen molar-refractivity contribution >= 4 is 10.2 Å². The van der Waals surface area contributed by atoms with Gasteiger partial charge in [-0.15, -0.1) is 0 Å². The van der Waals surface area contributed by atoms with Crippen molar-refractivity contribution in [3.63, 3.8) is 0 Å². The van der Waals surface area contributed by atoms with Crippen molar-refractivity contribution in [2.45, 2.75) is 38.6 Å². The second-order valence-electron chi connectivity index (χ2n) is 4.96. The summed E-state index contributed by atoms with van der Waals surface area (Å²) in [6.45, 7) is 5.68. The van der Waals surface area contributed by atoms with Crippen LogP contribution in [0.2, 0.25) is 0 Å². The Morgan fingerprint density at radius 1 is 1.37 bits per heavy atom. The minimum atomic E-state index is -3.38. The van der Waals surface area contributed by atoms with E-state index in [0.29, 0.717) is 13.2 Å². The highest BCUT2D eigenvalue weighted by atomic mass is 32.2. The Labute approximate surface area is 117 Å². The van der Waals surface area contributed by atoms with E-state index in [1.54, 1.807) is 7.05 Å². The van der Waals surface area contributed by atoms with Gasteiger partial charge in [0.1, 0.15) is 0 Å². The maximum Gasteiger partial charge on any atom is 0.279 e. The molecule has 0 aliphatic carbocycles. The molecular weight excluding hydrogens is 266 g/mol.